The molecule has 0 atom stereocenters. The first kappa shape index (κ1) is 18.1. The summed E-state index contributed by atoms with van der Waals surface area (Å²) in [5.74, 6) is 0.664. The van der Waals surface area contributed by atoms with Gasteiger partial charge in [0.1, 0.15) is 11.6 Å². The van der Waals surface area contributed by atoms with Crippen molar-refractivity contribution >= 4 is 5.69 Å². The van der Waals surface area contributed by atoms with Gasteiger partial charge in [-0.3, -0.25) is 19.8 Å². The Balaban J connectivity index is 1.87. The van der Waals surface area contributed by atoms with Crippen LogP contribution < -0.4 is 5.56 Å². The van der Waals surface area contributed by atoms with Crippen LogP contribution in [0.3, 0.4) is 0 Å². The Morgan fingerprint density at radius 2 is 2.12 bits per heavy atom. The summed E-state index contributed by atoms with van der Waals surface area (Å²) in [5, 5.41) is 21.0. The van der Waals surface area contributed by atoms with Crippen molar-refractivity contribution in [1.82, 2.24) is 14.9 Å². The average Bonchev–Trinajstić information content (AvgIpc) is 2.55. The van der Waals surface area contributed by atoms with Crippen molar-refractivity contribution in [3.63, 3.8) is 0 Å². The van der Waals surface area contributed by atoms with Crippen LogP contribution >= 0.6 is 0 Å². The van der Waals surface area contributed by atoms with E-state index in [1.165, 1.54) is 18.2 Å². The third-order valence-electron chi connectivity index (χ3n) is 4.53. The summed E-state index contributed by atoms with van der Waals surface area (Å²) >= 11 is 0. The Kier molecular flexibility index (Phi) is 4.53. The molecule has 1 aromatic carbocycles. The molecule has 2 aromatic rings. The van der Waals surface area contributed by atoms with Crippen molar-refractivity contribution in [3.8, 4) is 5.75 Å². The van der Waals surface area contributed by atoms with Crippen molar-refractivity contribution in [2.45, 2.75) is 45.7 Å². The normalized spacial score (nSPS) is 14.9. The molecule has 0 aliphatic carbocycles. The number of aromatic nitrogens is 2. The van der Waals surface area contributed by atoms with Crippen LogP contribution in [-0.2, 0) is 24.9 Å². The maximum absolute atomic E-state index is 12.3. The quantitative estimate of drug-likeness (QED) is 0.643. The molecule has 2 heterocycles. The molecule has 1 aromatic heterocycles. The zero-order chi connectivity index (χ0) is 19.1. The Morgan fingerprint density at radius 3 is 2.77 bits per heavy atom. The molecule has 0 spiro atoms. The summed E-state index contributed by atoms with van der Waals surface area (Å²) in [5.41, 5.74) is 1.49. The van der Waals surface area contributed by atoms with Crippen molar-refractivity contribution in [1.29, 1.82) is 0 Å². The van der Waals surface area contributed by atoms with Crippen molar-refractivity contribution in [3.05, 3.63) is 61.3 Å². The summed E-state index contributed by atoms with van der Waals surface area (Å²) < 4.78 is 0. The van der Waals surface area contributed by atoms with Gasteiger partial charge < -0.3 is 10.1 Å². The van der Waals surface area contributed by atoms with Crippen LogP contribution in [0.4, 0.5) is 5.69 Å². The Hall–Kier alpha value is -2.74. The highest BCUT2D eigenvalue weighted by Gasteiger charge is 2.25. The number of nitrogens with zero attached hydrogens (tertiary/aromatic N) is 3. The minimum absolute atomic E-state index is 0.0237. The number of hydrogen-bond acceptors (Lipinski definition) is 6. The topological polar surface area (TPSA) is 112 Å². The number of rotatable bonds is 3. The third kappa shape index (κ3) is 3.60. The number of phenolic OH excluding ortho intramolecular Hbond substituents is 1. The van der Waals surface area contributed by atoms with Crippen molar-refractivity contribution in [2.24, 2.45) is 0 Å². The lowest BCUT2D eigenvalue weighted by Gasteiger charge is -2.29. The molecule has 0 bridgehead atoms. The number of H-pyrrole nitrogens is 1. The summed E-state index contributed by atoms with van der Waals surface area (Å²) in [6.07, 6.45) is 0.553. The smallest absolute Gasteiger partial charge is 0.270 e. The molecule has 0 fully saturated rings. The van der Waals surface area contributed by atoms with Crippen LogP contribution in [0.1, 0.15) is 43.4 Å². The first-order chi connectivity index (χ1) is 12.1. The predicted molar refractivity (Wildman–Crippen MR) is 96.1 cm³/mol. The maximum atomic E-state index is 12.3. The highest BCUT2D eigenvalue weighted by Crippen LogP contribution is 2.26. The van der Waals surface area contributed by atoms with Crippen molar-refractivity contribution in [2.75, 3.05) is 6.54 Å². The molecule has 138 valence electrons. The molecule has 26 heavy (non-hydrogen) atoms. The first-order valence-electron chi connectivity index (χ1n) is 8.46. The number of hydrogen-bond donors (Lipinski definition) is 2. The zero-order valence-corrected chi connectivity index (χ0v) is 15.1. The van der Waals surface area contributed by atoms with Gasteiger partial charge in [0.05, 0.1) is 10.6 Å². The molecular formula is C18H22N4O4. The number of nitro benzene ring substituents is 1. The number of aromatic hydroxyl groups is 1. The fraction of sp³-hybridized carbons (Fsp3) is 0.444. The van der Waals surface area contributed by atoms with Crippen LogP contribution in [0.25, 0.3) is 0 Å². The number of nitrogens with one attached hydrogen (secondary N) is 1. The lowest BCUT2D eigenvalue weighted by Crippen LogP contribution is -2.36. The lowest BCUT2D eigenvalue weighted by molar-refractivity contribution is -0.385. The molecule has 1 aliphatic heterocycles. The maximum Gasteiger partial charge on any atom is 0.270 e. The SMILES string of the molecule is CC(C)(C)c1nc2c(c(=O)[nH]1)CCN(Cc1cc([N+](=O)[O-])ccc1O)C2. The van der Waals surface area contributed by atoms with Gasteiger partial charge in [-0.2, -0.15) is 0 Å². The van der Waals surface area contributed by atoms with E-state index >= 15 is 0 Å². The largest absolute Gasteiger partial charge is 0.508 e. The predicted octanol–water partition coefficient (Wildman–Crippen LogP) is 2.24. The van der Waals surface area contributed by atoms with E-state index < -0.39 is 4.92 Å². The van der Waals surface area contributed by atoms with Gasteiger partial charge in [0.25, 0.3) is 11.2 Å². The van der Waals surface area contributed by atoms with Gasteiger partial charge in [-0.15, -0.1) is 0 Å². The van der Waals surface area contributed by atoms with E-state index in [4.69, 9.17) is 0 Å². The molecule has 8 heteroatoms. The summed E-state index contributed by atoms with van der Waals surface area (Å²) in [4.78, 5) is 32.3. The number of non-ortho nitro benzene ring substituents is 1. The van der Waals surface area contributed by atoms with Gasteiger partial charge >= 0.3 is 0 Å². The van der Waals surface area contributed by atoms with Gasteiger partial charge in [0.15, 0.2) is 0 Å². The van der Waals surface area contributed by atoms with Gasteiger partial charge in [-0.25, -0.2) is 4.98 Å². The van der Waals surface area contributed by atoms with Crippen LogP contribution in [-0.4, -0.2) is 31.4 Å². The van der Waals surface area contributed by atoms with E-state index in [0.29, 0.717) is 43.0 Å². The van der Waals surface area contributed by atoms with Crippen molar-refractivity contribution < 1.29 is 10.0 Å². The van der Waals surface area contributed by atoms with Gasteiger partial charge in [-0.05, 0) is 12.5 Å². The summed E-state index contributed by atoms with van der Waals surface area (Å²) in [7, 11) is 0. The molecule has 0 unspecified atom stereocenters. The van der Waals surface area contributed by atoms with E-state index in [2.05, 4.69) is 9.97 Å². The summed E-state index contributed by atoms with van der Waals surface area (Å²) in [6.45, 7) is 7.39. The molecule has 1 aliphatic rings. The Morgan fingerprint density at radius 1 is 1.38 bits per heavy atom. The molecular weight excluding hydrogens is 336 g/mol. The molecule has 0 amide bonds. The molecule has 0 radical (unpaired) electrons. The highest BCUT2D eigenvalue weighted by atomic mass is 16.6. The number of fused-ring (bicyclic) bond motifs is 1. The lowest BCUT2D eigenvalue weighted by atomic mass is 9.95. The van der Waals surface area contributed by atoms with E-state index in [9.17, 15) is 20.0 Å². The number of benzene rings is 1. The fourth-order valence-electron chi connectivity index (χ4n) is 3.04. The summed E-state index contributed by atoms with van der Waals surface area (Å²) in [6, 6.07) is 4.00. The minimum atomic E-state index is -0.481. The van der Waals surface area contributed by atoms with Crippen LogP contribution in [0.15, 0.2) is 23.0 Å². The Labute approximate surface area is 150 Å². The van der Waals surface area contributed by atoms with Crippen LogP contribution in [0.5, 0.6) is 5.75 Å². The van der Waals surface area contributed by atoms with Crippen LogP contribution in [0.2, 0.25) is 0 Å². The minimum Gasteiger partial charge on any atom is -0.508 e. The van der Waals surface area contributed by atoms with E-state index in [1.807, 2.05) is 25.7 Å². The van der Waals surface area contributed by atoms with E-state index in [-0.39, 0.29) is 22.4 Å². The third-order valence-corrected chi connectivity index (χ3v) is 4.53. The van der Waals surface area contributed by atoms with E-state index in [1.54, 1.807) is 0 Å². The molecule has 0 saturated carbocycles. The number of nitro groups is 1. The molecule has 8 nitrogen and oxygen atoms in total. The van der Waals surface area contributed by atoms with Gasteiger partial charge in [0, 0.05) is 48.3 Å². The zero-order valence-electron chi connectivity index (χ0n) is 15.1. The standard InChI is InChI=1S/C18H22N4O4/c1-18(2,3)17-19-14-10-21(7-6-13(14)16(24)20-17)9-11-8-12(22(25)26)4-5-15(11)23/h4-5,8,23H,6-7,9-10H2,1-3H3,(H,19,20,24). The average molecular weight is 358 g/mol. The second-order valence-corrected chi connectivity index (χ2v) is 7.62. The Bertz CT molecular complexity index is 914. The molecule has 0 saturated heterocycles. The number of aromatic amines is 1. The molecule has 3 rings (SSSR count). The monoisotopic (exact) mass is 358 g/mol. The highest BCUT2D eigenvalue weighted by molar-refractivity contribution is 5.43. The van der Waals surface area contributed by atoms with Gasteiger partial charge in [0.2, 0.25) is 0 Å². The second kappa shape index (κ2) is 6.53. The van der Waals surface area contributed by atoms with Gasteiger partial charge in [-0.1, -0.05) is 20.8 Å². The van der Waals surface area contributed by atoms with Crippen LogP contribution in [0, 0.1) is 10.1 Å². The molecule has 2 N–H and O–H groups in total. The number of phenols is 1. The van der Waals surface area contributed by atoms with E-state index in [0.717, 1.165) is 5.69 Å². The first-order valence-corrected chi connectivity index (χ1v) is 8.46. The fourth-order valence-corrected chi connectivity index (χ4v) is 3.04. The second-order valence-electron chi connectivity index (χ2n) is 7.62.